The number of halogens is 1. The third kappa shape index (κ3) is 5.76. The second-order valence-corrected chi connectivity index (χ2v) is 6.78. The molecule has 0 aliphatic carbocycles. The van der Waals surface area contributed by atoms with E-state index in [9.17, 15) is 0 Å². The van der Waals surface area contributed by atoms with E-state index in [1.165, 1.54) is 0 Å². The number of guanidine groups is 1. The molecular formula is C17H28IN3O. The zero-order chi connectivity index (χ0) is 15.3. The Labute approximate surface area is 150 Å². The van der Waals surface area contributed by atoms with Gasteiger partial charge in [0.25, 0.3) is 0 Å². The van der Waals surface area contributed by atoms with Crippen LogP contribution in [0.3, 0.4) is 0 Å². The van der Waals surface area contributed by atoms with Gasteiger partial charge in [-0.2, -0.15) is 0 Å². The lowest BCUT2D eigenvalue weighted by atomic mass is 9.78. The fourth-order valence-corrected chi connectivity index (χ4v) is 2.91. The minimum Gasteiger partial charge on any atom is -0.377 e. The molecule has 2 atom stereocenters. The summed E-state index contributed by atoms with van der Waals surface area (Å²) in [6.07, 6.45) is 2.52. The highest BCUT2D eigenvalue weighted by molar-refractivity contribution is 14.0. The average Bonchev–Trinajstić information content (AvgIpc) is 2.45. The maximum absolute atomic E-state index is 5.98. The molecular weight excluding hydrogens is 389 g/mol. The number of para-hydroxylation sites is 1. The van der Waals surface area contributed by atoms with Crippen LogP contribution in [-0.2, 0) is 4.74 Å². The smallest absolute Gasteiger partial charge is 0.193 e. The first-order chi connectivity index (χ1) is 9.97. The number of nitrogens with two attached hydrogens (primary N) is 1. The lowest BCUT2D eigenvalue weighted by molar-refractivity contribution is -0.0823. The third-order valence-corrected chi connectivity index (χ3v) is 3.84. The predicted molar refractivity (Wildman–Crippen MR) is 104 cm³/mol. The number of rotatable bonds is 3. The Morgan fingerprint density at radius 1 is 1.32 bits per heavy atom. The van der Waals surface area contributed by atoms with Gasteiger partial charge in [0.1, 0.15) is 0 Å². The first kappa shape index (κ1) is 19.2. The SMILES string of the molecule is CC(C)(C)C1OCCCC1CN=C(N)Nc1ccccc1.I. The summed E-state index contributed by atoms with van der Waals surface area (Å²) in [5, 5.41) is 3.12. The van der Waals surface area contributed by atoms with Crippen LogP contribution in [0.2, 0.25) is 0 Å². The zero-order valence-corrected chi connectivity index (χ0v) is 16.0. The molecule has 1 aliphatic rings. The highest BCUT2D eigenvalue weighted by Crippen LogP contribution is 2.34. The van der Waals surface area contributed by atoms with E-state index < -0.39 is 0 Å². The molecule has 0 aromatic heterocycles. The lowest BCUT2D eigenvalue weighted by Crippen LogP contribution is -2.41. The summed E-state index contributed by atoms with van der Waals surface area (Å²) in [6.45, 7) is 8.26. The highest BCUT2D eigenvalue weighted by Gasteiger charge is 2.35. The number of ether oxygens (including phenoxy) is 1. The van der Waals surface area contributed by atoms with Gasteiger partial charge in [-0.3, -0.25) is 4.99 Å². The van der Waals surface area contributed by atoms with Gasteiger partial charge in [0.2, 0.25) is 0 Å². The Balaban J connectivity index is 0.00000242. The van der Waals surface area contributed by atoms with Gasteiger partial charge < -0.3 is 15.8 Å². The van der Waals surface area contributed by atoms with Crippen molar-refractivity contribution in [1.29, 1.82) is 0 Å². The van der Waals surface area contributed by atoms with E-state index in [1.54, 1.807) is 0 Å². The fourth-order valence-electron chi connectivity index (χ4n) is 2.91. The molecule has 22 heavy (non-hydrogen) atoms. The summed E-state index contributed by atoms with van der Waals surface area (Å²) >= 11 is 0. The molecule has 1 saturated heterocycles. The van der Waals surface area contributed by atoms with Crippen LogP contribution >= 0.6 is 24.0 Å². The number of hydrogen-bond donors (Lipinski definition) is 2. The van der Waals surface area contributed by atoms with Gasteiger partial charge in [0, 0.05) is 24.8 Å². The second-order valence-electron chi connectivity index (χ2n) is 6.78. The number of benzene rings is 1. The van der Waals surface area contributed by atoms with Crippen molar-refractivity contribution in [2.75, 3.05) is 18.5 Å². The molecule has 124 valence electrons. The molecule has 2 rings (SSSR count). The van der Waals surface area contributed by atoms with Crippen molar-refractivity contribution in [2.24, 2.45) is 22.1 Å². The summed E-state index contributed by atoms with van der Waals surface area (Å²) in [5.41, 5.74) is 7.08. The summed E-state index contributed by atoms with van der Waals surface area (Å²) in [7, 11) is 0. The molecule has 0 spiro atoms. The normalized spacial score (nSPS) is 22.8. The largest absolute Gasteiger partial charge is 0.377 e. The monoisotopic (exact) mass is 417 g/mol. The molecule has 0 bridgehead atoms. The minimum atomic E-state index is 0. The van der Waals surface area contributed by atoms with Crippen molar-refractivity contribution < 1.29 is 4.74 Å². The highest BCUT2D eigenvalue weighted by atomic mass is 127. The quantitative estimate of drug-likeness (QED) is 0.446. The van der Waals surface area contributed by atoms with Crippen molar-refractivity contribution in [2.45, 2.75) is 39.7 Å². The van der Waals surface area contributed by atoms with Gasteiger partial charge >= 0.3 is 0 Å². The topological polar surface area (TPSA) is 59.6 Å². The van der Waals surface area contributed by atoms with Gasteiger partial charge in [-0.05, 0) is 30.4 Å². The molecule has 1 aromatic rings. The number of nitrogens with zero attached hydrogens (tertiary/aromatic N) is 1. The number of nitrogens with one attached hydrogen (secondary N) is 1. The van der Waals surface area contributed by atoms with Crippen molar-refractivity contribution in [3.8, 4) is 0 Å². The van der Waals surface area contributed by atoms with Gasteiger partial charge in [-0.25, -0.2) is 0 Å². The van der Waals surface area contributed by atoms with Crippen LogP contribution in [0, 0.1) is 11.3 Å². The molecule has 3 N–H and O–H groups in total. The van der Waals surface area contributed by atoms with E-state index in [4.69, 9.17) is 10.5 Å². The van der Waals surface area contributed by atoms with Crippen LogP contribution in [-0.4, -0.2) is 25.2 Å². The van der Waals surface area contributed by atoms with Gasteiger partial charge in [0.15, 0.2) is 5.96 Å². The Morgan fingerprint density at radius 2 is 2.00 bits per heavy atom. The Kier molecular flexibility index (Phi) is 7.62. The number of aliphatic imine (C=N–C) groups is 1. The Bertz CT molecular complexity index is 471. The molecule has 1 aromatic carbocycles. The molecule has 5 heteroatoms. The van der Waals surface area contributed by atoms with Crippen LogP contribution in [0.4, 0.5) is 5.69 Å². The predicted octanol–water partition coefficient (Wildman–Crippen LogP) is 3.87. The Hall–Kier alpha value is -0.820. The number of anilines is 1. The third-order valence-electron chi connectivity index (χ3n) is 3.84. The maximum atomic E-state index is 5.98. The van der Waals surface area contributed by atoms with Gasteiger partial charge in [0.05, 0.1) is 6.10 Å². The molecule has 0 amide bonds. The Morgan fingerprint density at radius 3 is 2.64 bits per heavy atom. The first-order valence-corrected chi connectivity index (χ1v) is 7.70. The summed E-state index contributed by atoms with van der Waals surface area (Å²) in [5.74, 6) is 0.911. The van der Waals surface area contributed by atoms with E-state index in [1.807, 2.05) is 30.3 Å². The molecule has 1 heterocycles. The van der Waals surface area contributed by atoms with Crippen LogP contribution in [0.25, 0.3) is 0 Å². The van der Waals surface area contributed by atoms with E-state index >= 15 is 0 Å². The molecule has 0 radical (unpaired) electrons. The van der Waals surface area contributed by atoms with E-state index in [2.05, 4.69) is 31.1 Å². The van der Waals surface area contributed by atoms with Gasteiger partial charge in [-0.1, -0.05) is 39.0 Å². The molecule has 0 saturated carbocycles. The van der Waals surface area contributed by atoms with Crippen LogP contribution in [0.1, 0.15) is 33.6 Å². The lowest BCUT2D eigenvalue weighted by Gasteiger charge is -2.39. The summed E-state index contributed by atoms with van der Waals surface area (Å²) in [4.78, 5) is 4.51. The fraction of sp³-hybridized carbons (Fsp3) is 0.588. The van der Waals surface area contributed by atoms with E-state index in [-0.39, 0.29) is 35.5 Å². The maximum Gasteiger partial charge on any atom is 0.193 e. The summed E-state index contributed by atoms with van der Waals surface area (Å²) in [6, 6.07) is 9.88. The first-order valence-electron chi connectivity index (χ1n) is 7.70. The van der Waals surface area contributed by atoms with Crippen LogP contribution in [0.15, 0.2) is 35.3 Å². The van der Waals surface area contributed by atoms with Crippen LogP contribution < -0.4 is 11.1 Å². The average molecular weight is 417 g/mol. The second kappa shape index (κ2) is 8.72. The van der Waals surface area contributed by atoms with Crippen molar-refractivity contribution >= 4 is 35.6 Å². The molecule has 2 unspecified atom stereocenters. The molecule has 1 fully saturated rings. The van der Waals surface area contributed by atoms with E-state index in [0.29, 0.717) is 18.4 Å². The summed E-state index contributed by atoms with van der Waals surface area (Å²) < 4.78 is 5.98. The zero-order valence-electron chi connectivity index (χ0n) is 13.7. The standard InChI is InChI=1S/C17H27N3O.HI/c1-17(2,3)15-13(8-7-11-21-15)12-19-16(18)20-14-9-5-4-6-10-14;/h4-6,9-10,13,15H,7-8,11-12H2,1-3H3,(H3,18,19,20);1H. The van der Waals surface area contributed by atoms with E-state index in [0.717, 1.165) is 25.1 Å². The van der Waals surface area contributed by atoms with Crippen molar-refractivity contribution in [1.82, 2.24) is 0 Å². The molecule has 1 aliphatic heterocycles. The molecule has 4 nitrogen and oxygen atoms in total. The van der Waals surface area contributed by atoms with Crippen LogP contribution in [0.5, 0.6) is 0 Å². The van der Waals surface area contributed by atoms with Gasteiger partial charge in [-0.15, -0.1) is 24.0 Å². The minimum absolute atomic E-state index is 0. The van der Waals surface area contributed by atoms with Crippen molar-refractivity contribution in [3.05, 3.63) is 30.3 Å². The van der Waals surface area contributed by atoms with Crippen molar-refractivity contribution in [3.63, 3.8) is 0 Å². The number of hydrogen-bond acceptors (Lipinski definition) is 2.